The van der Waals surface area contributed by atoms with Gasteiger partial charge in [-0.3, -0.25) is 4.98 Å². The van der Waals surface area contributed by atoms with Gasteiger partial charge in [-0.05, 0) is 35.9 Å². The molecule has 0 unspecified atom stereocenters. The molecule has 0 aliphatic heterocycles. The molecule has 3 N–H and O–H groups in total. The number of benzene rings is 1. The Kier molecular flexibility index (Phi) is 8.51. The molecule has 0 radical (unpaired) electrons. The predicted octanol–water partition coefficient (Wildman–Crippen LogP) is 5.16. The Balaban J connectivity index is 0.00000141. The second-order valence-electron chi connectivity index (χ2n) is 7.34. The van der Waals surface area contributed by atoms with Gasteiger partial charge in [-0.15, -0.1) is 0 Å². The van der Waals surface area contributed by atoms with Gasteiger partial charge in [0.25, 0.3) is 0 Å². The Hall–Kier alpha value is -3.21. The number of rotatable bonds is 9. The smallest absolute Gasteiger partial charge is 0.225 e. The van der Waals surface area contributed by atoms with E-state index < -0.39 is 0 Å². The molecule has 0 saturated carbocycles. The molecular weight excluding hydrogens is 487 g/mol. The molecule has 0 bridgehead atoms. The topological polar surface area (TPSA) is 104 Å². The van der Waals surface area contributed by atoms with Crippen LogP contribution >= 0.6 is 22.9 Å². The van der Waals surface area contributed by atoms with Crippen molar-refractivity contribution in [1.29, 1.82) is 0 Å². The number of fused-ring (bicyclic) bond motifs is 2. The molecular formula is C24H26ClFN8S. The average Bonchev–Trinajstić information content (AvgIpc) is 3.48. The molecule has 11 heteroatoms. The van der Waals surface area contributed by atoms with Gasteiger partial charge >= 0.3 is 0 Å². The number of imidazole rings is 1. The summed E-state index contributed by atoms with van der Waals surface area (Å²) in [7, 11) is 0. The van der Waals surface area contributed by atoms with E-state index in [-0.39, 0.29) is 17.6 Å². The Labute approximate surface area is 211 Å². The molecule has 0 saturated heterocycles. The van der Waals surface area contributed by atoms with Gasteiger partial charge in [0.15, 0.2) is 10.6 Å². The van der Waals surface area contributed by atoms with E-state index in [2.05, 4.69) is 40.5 Å². The lowest BCUT2D eigenvalue weighted by Gasteiger charge is -2.06. The standard InChI is InChI=1S/C22H20ClFN8S.C2H6/c23-22-31-20(27-12-16-13(24)4-3-9-26-16)19-21(32-22)33-18(30-19)8-11-25-10-7-17-28-14-5-1-2-6-15(14)29-17;1-2/h1-6,9,25H,7-8,10-12H2,(H,28,29)(H,27,31,32);1-2H3. The third-order valence-electron chi connectivity index (χ3n) is 5.03. The molecule has 0 aliphatic carbocycles. The van der Waals surface area contributed by atoms with Crippen LogP contribution in [0.3, 0.4) is 0 Å². The largest absolute Gasteiger partial charge is 0.362 e. The number of hydrogen-bond acceptors (Lipinski definition) is 8. The average molecular weight is 513 g/mol. The quantitative estimate of drug-likeness (QED) is 0.185. The van der Waals surface area contributed by atoms with Gasteiger partial charge in [0, 0.05) is 32.1 Å². The van der Waals surface area contributed by atoms with Crippen LogP contribution in [-0.4, -0.2) is 43.0 Å². The van der Waals surface area contributed by atoms with E-state index in [1.165, 1.54) is 17.4 Å². The molecule has 0 amide bonds. The summed E-state index contributed by atoms with van der Waals surface area (Å²) in [6.07, 6.45) is 3.10. The van der Waals surface area contributed by atoms with Gasteiger partial charge in [-0.2, -0.15) is 4.98 Å². The number of aromatic nitrogens is 6. The lowest BCUT2D eigenvalue weighted by atomic mass is 10.3. The summed E-state index contributed by atoms with van der Waals surface area (Å²) in [5.41, 5.74) is 2.95. The third-order valence-corrected chi connectivity index (χ3v) is 6.20. The SMILES string of the molecule is CC.Fc1cccnc1CNc1nc(Cl)nc2sc(CCNCCc3nc4ccccc4[nH]3)nc12. The van der Waals surface area contributed by atoms with Crippen molar-refractivity contribution in [2.24, 2.45) is 0 Å². The number of hydrogen-bond donors (Lipinski definition) is 3. The van der Waals surface area contributed by atoms with E-state index in [0.717, 1.165) is 47.8 Å². The summed E-state index contributed by atoms with van der Waals surface area (Å²) in [5, 5.41) is 7.55. The second kappa shape index (κ2) is 12.0. The highest BCUT2D eigenvalue weighted by molar-refractivity contribution is 7.18. The Morgan fingerprint density at radius 3 is 2.66 bits per heavy atom. The number of nitrogens with one attached hydrogen (secondary N) is 3. The highest BCUT2D eigenvalue weighted by Crippen LogP contribution is 2.27. The minimum absolute atomic E-state index is 0.116. The predicted molar refractivity (Wildman–Crippen MR) is 139 cm³/mol. The van der Waals surface area contributed by atoms with Crippen LogP contribution in [0.25, 0.3) is 21.4 Å². The zero-order chi connectivity index (χ0) is 24.6. The lowest BCUT2D eigenvalue weighted by Crippen LogP contribution is -2.20. The van der Waals surface area contributed by atoms with E-state index in [0.29, 0.717) is 21.9 Å². The Morgan fingerprint density at radius 1 is 1.00 bits per heavy atom. The molecule has 1 aromatic carbocycles. The summed E-state index contributed by atoms with van der Waals surface area (Å²) in [6, 6.07) is 10.9. The number of H-pyrrole nitrogens is 1. The minimum atomic E-state index is -0.380. The number of para-hydroxylation sites is 2. The summed E-state index contributed by atoms with van der Waals surface area (Å²) < 4.78 is 13.9. The Bertz CT molecular complexity index is 1370. The number of aromatic amines is 1. The van der Waals surface area contributed by atoms with Crippen LogP contribution in [0, 0.1) is 5.82 Å². The van der Waals surface area contributed by atoms with Crippen molar-refractivity contribution in [2.75, 3.05) is 18.4 Å². The fourth-order valence-corrected chi connectivity index (χ4v) is 4.59. The number of halogens is 2. The van der Waals surface area contributed by atoms with E-state index in [4.69, 9.17) is 11.6 Å². The maximum absolute atomic E-state index is 13.9. The van der Waals surface area contributed by atoms with E-state index in [1.807, 2.05) is 38.1 Å². The first-order valence-electron chi connectivity index (χ1n) is 11.5. The molecule has 0 aliphatic rings. The first kappa shape index (κ1) is 24.9. The third kappa shape index (κ3) is 6.27. The van der Waals surface area contributed by atoms with E-state index >= 15 is 0 Å². The number of thiazole rings is 1. The molecule has 8 nitrogen and oxygen atoms in total. The summed E-state index contributed by atoms with van der Waals surface area (Å²) >= 11 is 7.56. The van der Waals surface area contributed by atoms with Gasteiger partial charge in [-0.1, -0.05) is 37.3 Å². The number of anilines is 1. The number of pyridine rings is 1. The second-order valence-corrected chi connectivity index (χ2v) is 8.74. The summed E-state index contributed by atoms with van der Waals surface area (Å²) in [5.74, 6) is 1.05. The molecule has 4 heterocycles. The van der Waals surface area contributed by atoms with Crippen LogP contribution in [0.15, 0.2) is 42.6 Å². The van der Waals surface area contributed by atoms with Crippen molar-refractivity contribution in [3.8, 4) is 0 Å². The van der Waals surface area contributed by atoms with E-state index in [9.17, 15) is 4.39 Å². The fourth-order valence-electron chi connectivity index (χ4n) is 3.44. The van der Waals surface area contributed by atoms with Crippen molar-refractivity contribution >= 4 is 50.1 Å². The highest BCUT2D eigenvalue weighted by Gasteiger charge is 2.14. The first-order chi connectivity index (χ1) is 17.2. The molecule has 0 fully saturated rings. The van der Waals surface area contributed by atoms with Crippen LogP contribution < -0.4 is 10.6 Å². The van der Waals surface area contributed by atoms with Crippen LogP contribution in [-0.2, 0) is 19.4 Å². The first-order valence-corrected chi connectivity index (χ1v) is 12.7. The fraction of sp³-hybridized carbons (Fsp3) is 0.292. The van der Waals surface area contributed by atoms with E-state index in [1.54, 1.807) is 12.3 Å². The Morgan fingerprint density at radius 2 is 1.83 bits per heavy atom. The molecule has 4 aromatic heterocycles. The van der Waals surface area contributed by atoms with Gasteiger partial charge in [0.05, 0.1) is 28.3 Å². The zero-order valence-electron chi connectivity index (χ0n) is 19.5. The van der Waals surface area contributed by atoms with Gasteiger partial charge in [0.1, 0.15) is 17.2 Å². The molecule has 35 heavy (non-hydrogen) atoms. The molecule has 5 aromatic rings. The maximum atomic E-state index is 13.9. The van der Waals surface area contributed by atoms with Crippen molar-refractivity contribution in [1.82, 2.24) is 35.2 Å². The maximum Gasteiger partial charge on any atom is 0.225 e. The molecule has 0 spiro atoms. The number of nitrogens with zero attached hydrogens (tertiary/aromatic N) is 5. The summed E-state index contributed by atoms with van der Waals surface area (Å²) in [4.78, 5) is 25.9. The molecule has 0 atom stereocenters. The lowest BCUT2D eigenvalue weighted by molar-refractivity contribution is 0.602. The van der Waals surface area contributed by atoms with Crippen molar-refractivity contribution in [3.05, 3.63) is 70.2 Å². The van der Waals surface area contributed by atoms with Gasteiger partial charge in [0.2, 0.25) is 5.28 Å². The van der Waals surface area contributed by atoms with Crippen LogP contribution in [0.5, 0.6) is 0 Å². The highest BCUT2D eigenvalue weighted by atomic mass is 35.5. The van der Waals surface area contributed by atoms with Crippen molar-refractivity contribution in [3.63, 3.8) is 0 Å². The zero-order valence-corrected chi connectivity index (χ0v) is 21.0. The normalized spacial score (nSPS) is 11.0. The molecule has 5 rings (SSSR count). The van der Waals surface area contributed by atoms with Gasteiger partial charge < -0.3 is 15.6 Å². The van der Waals surface area contributed by atoms with Crippen LogP contribution in [0.1, 0.15) is 30.4 Å². The van der Waals surface area contributed by atoms with Crippen molar-refractivity contribution in [2.45, 2.75) is 33.2 Å². The monoisotopic (exact) mass is 512 g/mol. The molecule has 182 valence electrons. The van der Waals surface area contributed by atoms with Crippen molar-refractivity contribution < 1.29 is 4.39 Å². The van der Waals surface area contributed by atoms with Crippen LogP contribution in [0.4, 0.5) is 10.2 Å². The summed E-state index contributed by atoms with van der Waals surface area (Å²) in [6.45, 7) is 5.74. The minimum Gasteiger partial charge on any atom is -0.362 e. The van der Waals surface area contributed by atoms with Gasteiger partial charge in [-0.25, -0.2) is 19.3 Å². The van der Waals surface area contributed by atoms with Crippen LogP contribution in [0.2, 0.25) is 5.28 Å².